The summed E-state index contributed by atoms with van der Waals surface area (Å²) in [5.41, 5.74) is 5.37. The van der Waals surface area contributed by atoms with Gasteiger partial charge in [0.1, 0.15) is 0 Å². The summed E-state index contributed by atoms with van der Waals surface area (Å²) in [6.45, 7) is 5.87. The molecule has 0 rings (SSSR count). The van der Waals surface area contributed by atoms with Crippen LogP contribution in [0.25, 0.3) is 0 Å². The van der Waals surface area contributed by atoms with Gasteiger partial charge >= 0.3 is 5.97 Å². The van der Waals surface area contributed by atoms with Crippen molar-refractivity contribution in [1.82, 2.24) is 4.90 Å². The minimum absolute atomic E-state index is 0.0691. The Bertz CT molecular complexity index is 249. The van der Waals surface area contributed by atoms with Gasteiger partial charge in [-0.2, -0.15) is 11.8 Å². The third kappa shape index (κ3) is 8.36. The van der Waals surface area contributed by atoms with Crippen LogP contribution in [0.4, 0.5) is 0 Å². The number of hydrogen-bond donors (Lipinski definition) is 1. The first kappa shape index (κ1) is 17.2. The molecule has 0 saturated heterocycles. The molecule has 5 nitrogen and oxygen atoms in total. The Morgan fingerprint density at radius 1 is 1.28 bits per heavy atom. The molecular formula is C12H24N2O3S. The molecule has 0 aliphatic rings. The van der Waals surface area contributed by atoms with E-state index < -0.39 is 0 Å². The summed E-state index contributed by atoms with van der Waals surface area (Å²) in [4.78, 5) is 24.9. The molecule has 0 unspecified atom stereocenters. The first-order valence-electron chi connectivity index (χ1n) is 6.36. The van der Waals surface area contributed by atoms with Crippen LogP contribution < -0.4 is 5.73 Å². The monoisotopic (exact) mass is 276 g/mol. The topological polar surface area (TPSA) is 72.6 Å². The molecule has 0 heterocycles. The van der Waals surface area contributed by atoms with Crippen LogP contribution in [0.15, 0.2) is 0 Å². The molecule has 0 spiro atoms. The van der Waals surface area contributed by atoms with Crippen LogP contribution in [0.5, 0.6) is 0 Å². The predicted octanol–water partition coefficient (Wildman–Crippen LogP) is 0.870. The highest BCUT2D eigenvalue weighted by Crippen LogP contribution is 2.04. The fourth-order valence-corrected chi connectivity index (χ4v) is 2.09. The summed E-state index contributed by atoms with van der Waals surface area (Å²) in [6.07, 6.45) is 1.15. The van der Waals surface area contributed by atoms with Gasteiger partial charge in [-0.05, 0) is 13.3 Å². The number of amides is 1. The summed E-state index contributed by atoms with van der Waals surface area (Å²) in [5, 5.41) is 0. The van der Waals surface area contributed by atoms with Crippen LogP contribution in [0.2, 0.25) is 0 Å². The fourth-order valence-electron chi connectivity index (χ4n) is 1.42. The molecule has 0 aromatic heterocycles. The Morgan fingerprint density at radius 3 is 2.56 bits per heavy atom. The van der Waals surface area contributed by atoms with Gasteiger partial charge in [0.2, 0.25) is 5.91 Å². The second kappa shape index (κ2) is 11.3. The van der Waals surface area contributed by atoms with Crippen molar-refractivity contribution >= 4 is 23.6 Å². The number of nitrogens with two attached hydrogens (primary N) is 1. The second-order valence-electron chi connectivity index (χ2n) is 3.78. The Balaban J connectivity index is 4.03. The Labute approximate surface area is 113 Å². The van der Waals surface area contributed by atoms with Gasteiger partial charge in [-0.1, -0.05) is 6.92 Å². The summed E-state index contributed by atoms with van der Waals surface area (Å²) in [6, 6.07) is 0. The van der Waals surface area contributed by atoms with Gasteiger partial charge < -0.3 is 15.4 Å². The van der Waals surface area contributed by atoms with E-state index in [-0.39, 0.29) is 18.3 Å². The molecule has 0 bridgehead atoms. The third-order valence-corrected chi connectivity index (χ3v) is 3.20. The Kier molecular flexibility index (Phi) is 10.9. The van der Waals surface area contributed by atoms with Gasteiger partial charge in [-0.3, -0.25) is 9.59 Å². The number of rotatable bonds is 10. The van der Waals surface area contributed by atoms with Crippen molar-refractivity contribution in [2.75, 3.05) is 37.7 Å². The van der Waals surface area contributed by atoms with Crippen LogP contribution in [0.1, 0.15) is 26.7 Å². The van der Waals surface area contributed by atoms with E-state index in [0.29, 0.717) is 32.0 Å². The van der Waals surface area contributed by atoms with Crippen molar-refractivity contribution in [3.8, 4) is 0 Å². The van der Waals surface area contributed by atoms with Crippen molar-refractivity contribution in [3.63, 3.8) is 0 Å². The zero-order valence-electron chi connectivity index (χ0n) is 11.3. The normalized spacial score (nSPS) is 10.2. The molecule has 1 amide bonds. The van der Waals surface area contributed by atoms with Crippen LogP contribution in [0, 0.1) is 0 Å². The Hall–Kier alpha value is -0.750. The van der Waals surface area contributed by atoms with Gasteiger partial charge in [0, 0.05) is 25.4 Å². The first-order chi connectivity index (χ1) is 8.65. The van der Waals surface area contributed by atoms with Crippen molar-refractivity contribution < 1.29 is 14.3 Å². The molecule has 0 fully saturated rings. The second-order valence-corrected chi connectivity index (χ2v) is 4.88. The van der Waals surface area contributed by atoms with E-state index in [1.807, 2.05) is 6.92 Å². The fraction of sp³-hybridized carbons (Fsp3) is 0.833. The quantitative estimate of drug-likeness (QED) is 0.473. The summed E-state index contributed by atoms with van der Waals surface area (Å²) >= 11 is 1.53. The van der Waals surface area contributed by atoms with E-state index in [9.17, 15) is 9.59 Å². The number of thioether (sulfide) groups is 1. The largest absolute Gasteiger partial charge is 0.466 e. The van der Waals surface area contributed by atoms with Gasteiger partial charge in [0.05, 0.1) is 18.8 Å². The van der Waals surface area contributed by atoms with E-state index >= 15 is 0 Å². The zero-order valence-corrected chi connectivity index (χ0v) is 12.1. The summed E-state index contributed by atoms with van der Waals surface area (Å²) in [7, 11) is 0. The van der Waals surface area contributed by atoms with E-state index in [4.69, 9.17) is 10.5 Å². The lowest BCUT2D eigenvalue weighted by Gasteiger charge is -2.21. The van der Waals surface area contributed by atoms with Crippen LogP contribution in [-0.2, 0) is 14.3 Å². The molecule has 0 aliphatic carbocycles. The molecule has 106 valence electrons. The summed E-state index contributed by atoms with van der Waals surface area (Å²) in [5.74, 6) is 1.03. The maximum Gasteiger partial charge on any atom is 0.307 e. The van der Waals surface area contributed by atoms with Crippen molar-refractivity contribution in [3.05, 3.63) is 0 Å². The molecule has 0 atom stereocenters. The van der Waals surface area contributed by atoms with Crippen molar-refractivity contribution in [2.24, 2.45) is 5.73 Å². The number of ether oxygens (including phenoxy) is 1. The van der Waals surface area contributed by atoms with Crippen LogP contribution in [-0.4, -0.2) is 54.5 Å². The van der Waals surface area contributed by atoms with Crippen molar-refractivity contribution in [1.29, 1.82) is 0 Å². The number of esters is 1. The smallest absolute Gasteiger partial charge is 0.307 e. The third-order valence-electron chi connectivity index (χ3n) is 2.23. The maximum absolute atomic E-state index is 11.9. The number of nitrogens with zero attached hydrogens (tertiary/aromatic N) is 1. The SMILES string of the molecule is CCCN(CCC(=O)OCC)C(=O)CSCCN. The lowest BCUT2D eigenvalue weighted by atomic mass is 10.3. The minimum Gasteiger partial charge on any atom is -0.466 e. The van der Waals surface area contributed by atoms with E-state index in [1.165, 1.54) is 11.8 Å². The van der Waals surface area contributed by atoms with Crippen LogP contribution in [0.3, 0.4) is 0 Å². The lowest BCUT2D eigenvalue weighted by molar-refractivity contribution is -0.143. The molecule has 2 N–H and O–H groups in total. The van der Waals surface area contributed by atoms with E-state index in [1.54, 1.807) is 11.8 Å². The summed E-state index contributed by atoms with van der Waals surface area (Å²) < 4.78 is 4.85. The van der Waals surface area contributed by atoms with E-state index in [2.05, 4.69) is 0 Å². The van der Waals surface area contributed by atoms with Gasteiger partial charge in [-0.25, -0.2) is 0 Å². The van der Waals surface area contributed by atoms with Crippen LogP contribution >= 0.6 is 11.8 Å². The molecule has 0 aromatic rings. The Morgan fingerprint density at radius 2 is 2.00 bits per heavy atom. The molecule has 0 saturated carbocycles. The van der Waals surface area contributed by atoms with Gasteiger partial charge in [-0.15, -0.1) is 0 Å². The number of hydrogen-bond acceptors (Lipinski definition) is 5. The lowest BCUT2D eigenvalue weighted by Crippen LogP contribution is -2.35. The molecular weight excluding hydrogens is 252 g/mol. The number of carbonyl (C=O) groups is 2. The average Bonchev–Trinajstić information content (AvgIpc) is 2.35. The minimum atomic E-state index is -0.249. The van der Waals surface area contributed by atoms with Gasteiger partial charge in [0.15, 0.2) is 0 Å². The maximum atomic E-state index is 11.9. The molecule has 0 aromatic carbocycles. The predicted molar refractivity (Wildman–Crippen MR) is 74.5 cm³/mol. The molecule has 0 radical (unpaired) electrons. The average molecular weight is 276 g/mol. The standard InChI is InChI=1S/C12H24N2O3S/c1-3-7-14(8-5-12(16)17-4-2)11(15)10-18-9-6-13/h3-10,13H2,1-2H3. The van der Waals surface area contributed by atoms with Crippen molar-refractivity contribution in [2.45, 2.75) is 26.7 Å². The van der Waals surface area contributed by atoms with Gasteiger partial charge in [0.25, 0.3) is 0 Å². The highest BCUT2D eigenvalue weighted by molar-refractivity contribution is 7.99. The highest BCUT2D eigenvalue weighted by Gasteiger charge is 2.14. The molecule has 0 aliphatic heterocycles. The molecule has 6 heteroatoms. The highest BCUT2D eigenvalue weighted by atomic mass is 32.2. The first-order valence-corrected chi connectivity index (χ1v) is 7.52. The molecule has 18 heavy (non-hydrogen) atoms. The zero-order chi connectivity index (χ0) is 13.8. The van der Waals surface area contributed by atoms with E-state index in [0.717, 1.165) is 12.2 Å². The number of carbonyl (C=O) groups excluding carboxylic acids is 2.